The molecule has 1 amide bonds. The van der Waals surface area contributed by atoms with Crippen molar-refractivity contribution in [2.24, 2.45) is 0 Å². The molecule has 0 fully saturated rings. The lowest BCUT2D eigenvalue weighted by atomic mass is 10.2. The molecule has 2 aromatic rings. The van der Waals surface area contributed by atoms with Crippen LogP contribution in [0.2, 0.25) is 5.02 Å². The van der Waals surface area contributed by atoms with Crippen molar-refractivity contribution in [3.63, 3.8) is 0 Å². The molecular formula is C18H20ClN3O2S. The second-order valence-electron chi connectivity index (χ2n) is 5.41. The average molecular weight is 378 g/mol. The van der Waals surface area contributed by atoms with Crippen LogP contribution < -0.4 is 20.9 Å². The standard InChI is InChI=1S/C18H20ClN3O2S/c1-13-5-2-8-16(11-13)24-10-4-9-17(23)21-22-18(25)20-15-7-3-6-14(19)12-15/h2-3,5-8,11-12H,4,9-10H2,1H3,(H,21,23)(H2,20,22,25). The summed E-state index contributed by atoms with van der Waals surface area (Å²) in [5.41, 5.74) is 7.08. The van der Waals surface area contributed by atoms with Crippen molar-refractivity contribution in [3.8, 4) is 5.75 Å². The predicted octanol–water partition coefficient (Wildman–Crippen LogP) is 3.83. The molecule has 2 aromatic carbocycles. The van der Waals surface area contributed by atoms with E-state index in [2.05, 4.69) is 16.2 Å². The van der Waals surface area contributed by atoms with Crippen LogP contribution in [0.25, 0.3) is 0 Å². The number of hydrogen-bond acceptors (Lipinski definition) is 3. The third-order valence-electron chi connectivity index (χ3n) is 3.20. The van der Waals surface area contributed by atoms with Crippen molar-refractivity contribution in [3.05, 3.63) is 59.1 Å². The fourth-order valence-corrected chi connectivity index (χ4v) is 2.40. The van der Waals surface area contributed by atoms with Crippen LogP contribution in [0.1, 0.15) is 18.4 Å². The van der Waals surface area contributed by atoms with Gasteiger partial charge in [-0.25, -0.2) is 0 Å². The van der Waals surface area contributed by atoms with Gasteiger partial charge < -0.3 is 10.1 Å². The van der Waals surface area contributed by atoms with Crippen LogP contribution in [0, 0.1) is 6.92 Å². The minimum atomic E-state index is -0.164. The number of thiocarbonyl (C=S) groups is 1. The van der Waals surface area contributed by atoms with Gasteiger partial charge in [0.25, 0.3) is 0 Å². The number of amides is 1. The van der Waals surface area contributed by atoms with Crippen LogP contribution in [-0.4, -0.2) is 17.6 Å². The minimum absolute atomic E-state index is 0.164. The molecule has 25 heavy (non-hydrogen) atoms. The Morgan fingerprint density at radius 3 is 2.72 bits per heavy atom. The van der Waals surface area contributed by atoms with Crippen LogP contribution in [0.5, 0.6) is 5.75 Å². The van der Waals surface area contributed by atoms with Crippen LogP contribution in [-0.2, 0) is 4.79 Å². The Morgan fingerprint density at radius 2 is 1.96 bits per heavy atom. The van der Waals surface area contributed by atoms with Gasteiger partial charge in [0.1, 0.15) is 5.75 Å². The molecule has 7 heteroatoms. The number of benzene rings is 2. The van der Waals surface area contributed by atoms with E-state index in [0.29, 0.717) is 24.5 Å². The SMILES string of the molecule is Cc1cccc(OCCCC(=O)NNC(=S)Nc2cccc(Cl)c2)c1. The van der Waals surface area contributed by atoms with Crippen LogP contribution in [0.3, 0.4) is 0 Å². The molecule has 0 saturated carbocycles. The van der Waals surface area contributed by atoms with Crippen LogP contribution in [0.15, 0.2) is 48.5 Å². The summed E-state index contributed by atoms with van der Waals surface area (Å²) in [6.07, 6.45) is 0.939. The highest BCUT2D eigenvalue weighted by atomic mass is 35.5. The van der Waals surface area contributed by atoms with E-state index in [1.54, 1.807) is 18.2 Å². The molecule has 0 aliphatic heterocycles. The molecule has 0 spiro atoms. The molecule has 5 nitrogen and oxygen atoms in total. The number of aryl methyl sites for hydroxylation is 1. The summed E-state index contributed by atoms with van der Waals surface area (Å²) < 4.78 is 5.60. The Hall–Kier alpha value is -2.31. The highest BCUT2D eigenvalue weighted by Gasteiger charge is 2.03. The maximum absolute atomic E-state index is 11.8. The van der Waals surface area contributed by atoms with Gasteiger partial charge in [-0.15, -0.1) is 0 Å². The van der Waals surface area contributed by atoms with E-state index in [4.69, 9.17) is 28.6 Å². The molecule has 0 heterocycles. The molecule has 0 aromatic heterocycles. The van der Waals surface area contributed by atoms with Crippen LogP contribution >= 0.6 is 23.8 Å². The van der Waals surface area contributed by atoms with Crippen molar-refractivity contribution in [2.75, 3.05) is 11.9 Å². The molecule has 0 saturated heterocycles. The third kappa shape index (κ3) is 7.41. The van der Waals surface area contributed by atoms with E-state index in [-0.39, 0.29) is 11.0 Å². The number of hydrogen-bond donors (Lipinski definition) is 3. The molecule has 0 radical (unpaired) electrons. The van der Waals surface area contributed by atoms with Crippen molar-refractivity contribution in [1.82, 2.24) is 10.9 Å². The van der Waals surface area contributed by atoms with Gasteiger partial charge in [-0.2, -0.15) is 0 Å². The Balaban J connectivity index is 1.61. The molecule has 0 aliphatic carbocycles. The molecule has 0 aliphatic rings. The third-order valence-corrected chi connectivity index (χ3v) is 3.64. The van der Waals surface area contributed by atoms with Gasteiger partial charge in [-0.05, 0) is 61.5 Å². The van der Waals surface area contributed by atoms with E-state index < -0.39 is 0 Å². The average Bonchev–Trinajstić information content (AvgIpc) is 2.57. The summed E-state index contributed by atoms with van der Waals surface area (Å²) in [7, 11) is 0. The number of anilines is 1. The number of hydrazine groups is 1. The lowest BCUT2D eigenvalue weighted by Gasteiger charge is -2.12. The summed E-state index contributed by atoms with van der Waals surface area (Å²) in [6, 6.07) is 14.9. The monoisotopic (exact) mass is 377 g/mol. The molecule has 132 valence electrons. The van der Waals surface area contributed by atoms with Crippen molar-refractivity contribution >= 4 is 40.5 Å². The van der Waals surface area contributed by atoms with Gasteiger partial charge in [0.2, 0.25) is 5.91 Å². The maximum Gasteiger partial charge on any atom is 0.238 e. The number of halogens is 1. The second-order valence-corrected chi connectivity index (χ2v) is 6.25. The normalized spacial score (nSPS) is 10.0. The Morgan fingerprint density at radius 1 is 1.16 bits per heavy atom. The molecule has 0 atom stereocenters. The zero-order chi connectivity index (χ0) is 18.1. The van der Waals surface area contributed by atoms with Gasteiger partial charge in [-0.3, -0.25) is 15.6 Å². The highest BCUT2D eigenvalue weighted by Crippen LogP contribution is 2.14. The Bertz CT molecular complexity index is 740. The van der Waals surface area contributed by atoms with Gasteiger partial charge in [0.05, 0.1) is 6.61 Å². The van der Waals surface area contributed by atoms with E-state index >= 15 is 0 Å². The molecule has 0 unspecified atom stereocenters. The lowest BCUT2D eigenvalue weighted by molar-refractivity contribution is -0.121. The zero-order valence-corrected chi connectivity index (χ0v) is 15.4. The molecule has 3 N–H and O–H groups in total. The fourth-order valence-electron chi connectivity index (χ4n) is 2.05. The van der Waals surface area contributed by atoms with Gasteiger partial charge in [-0.1, -0.05) is 29.8 Å². The predicted molar refractivity (Wildman–Crippen MR) is 105 cm³/mol. The summed E-state index contributed by atoms with van der Waals surface area (Å²) in [4.78, 5) is 11.8. The first-order chi connectivity index (χ1) is 12.0. The first-order valence-corrected chi connectivity index (χ1v) is 8.62. The first-order valence-electron chi connectivity index (χ1n) is 7.84. The van der Waals surface area contributed by atoms with Crippen molar-refractivity contribution in [2.45, 2.75) is 19.8 Å². The van der Waals surface area contributed by atoms with E-state index in [1.807, 2.05) is 37.3 Å². The van der Waals surface area contributed by atoms with E-state index in [0.717, 1.165) is 17.0 Å². The van der Waals surface area contributed by atoms with Gasteiger partial charge in [0, 0.05) is 17.1 Å². The smallest absolute Gasteiger partial charge is 0.238 e. The maximum atomic E-state index is 11.8. The summed E-state index contributed by atoms with van der Waals surface area (Å²) >= 11 is 11.0. The van der Waals surface area contributed by atoms with Crippen molar-refractivity contribution < 1.29 is 9.53 Å². The number of carbonyl (C=O) groups is 1. The lowest BCUT2D eigenvalue weighted by Crippen LogP contribution is -2.43. The van der Waals surface area contributed by atoms with Gasteiger partial charge in [0.15, 0.2) is 5.11 Å². The second kappa shape index (κ2) is 9.86. The Kier molecular flexibility index (Phi) is 7.50. The fraction of sp³-hybridized carbons (Fsp3) is 0.222. The first kappa shape index (κ1) is 19.0. The Labute approximate surface area is 157 Å². The van der Waals surface area contributed by atoms with Gasteiger partial charge >= 0.3 is 0 Å². The number of ether oxygens (including phenoxy) is 1. The summed E-state index contributed by atoms with van der Waals surface area (Å²) in [5.74, 6) is 0.647. The summed E-state index contributed by atoms with van der Waals surface area (Å²) in [5, 5.41) is 3.81. The topological polar surface area (TPSA) is 62.4 Å². The number of carbonyl (C=O) groups excluding carboxylic acids is 1. The summed E-state index contributed by atoms with van der Waals surface area (Å²) in [6.45, 7) is 2.48. The van der Waals surface area contributed by atoms with E-state index in [9.17, 15) is 4.79 Å². The van der Waals surface area contributed by atoms with Crippen molar-refractivity contribution in [1.29, 1.82) is 0 Å². The quantitative estimate of drug-likeness (QED) is 0.406. The molecule has 0 bridgehead atoms. The van der Waals surface area contributed by atoms with E-state index in [1.165, 1.54) is 0 Å². The highest BCUT2D eigenvalue weighted by molar-refractivity contribution is 7.80. The number of rotatable bonds is 6. The zero-order valence-electron chi connectivity index (χ0n) is 13.8. The largest absolute Gasteiger partial charge is 0.494 e. The number of nitrogens with one attached hydrogen (secondary N) is 3. The minimum Gasteiger partial charge on any atom is -0.494 e. The molecular weight excluding hydrogens is 358 g/mol. The van der Waals surface area contributed by atoms with Crippen LogP contribution in [0.4, 0.5) is 5.69 Å². The molecule has 2 rings (SSSR count).